The second kappa shape index (κ2) is 6.32. The van der Waals surface area contributed by atoms with Gasteiger partial charge in [0.2, 0.25) is 11.8 Å². The van der Waals surface area contributed by atoms with Crippen molar-refractivity contribution < 1.29 is 9.59 Å². The minimum absolute atomic E-state index is 0.140. The normalized spacial score (nSPS) is 38.4. The number of piperazine rings is 1. The number of carbonyl (C=O) groups excluding carboxylic acids is 2. The molecular formula is C19H31N3O2. The lowest BCUT2D eigenvalue weighted by Gasteiger charge is -2.57. The number of carbonyl (C=O) groups is 2. The van der Waals surface area contributed by atoms with Crippen LogP contribution in [0.2, 0.25) is 0 Å². The second-order valence-corrected chi connectivity index (χ2v) is 8.98. The lowest BCUT2D eigenvalue weighted by molar-refractivity contribution is -0.131. The van der Waals surface area contributed by atoms with Gasteiger partial charge in [-0.05, 0) is 61.7 Å². The third-order valence-corrected chi connectivity index (χ3v) is 7.01. The van der Waals surface area contributed by atoms with Gasteiger partial charge in [0, 0.05) is 39.6 Å². The maximum absolute atomic E-state index is 12.4. The fraction of sp³-hybridized carbons (Fsp3) is 0.895. The standard InChI is InChI=1S/C19H31N3O2/c1-14(23)22-4-2-21(3-5-22)12-18(24)20-13-19-9-15-6-16(10-19)8-17(7-15)11-19/h15-17H,2-13H2,1H3,(H,20,24). The van der Waals surface area contributed by atoms with E-state index in [9.17, 15) is 9.59 Å². The summed E-state index contributed by atoms with van der Waals surface area (Å²) >= 11 is 0. The lowest BCUT2D eigenvalue weighted by atomic mass is 9.49. The summed E-state index contributed by atoms with van der Waals surface area (Å²) in [4.78, 5) is 27.8. The van der Waals surface area contributed by atoms with Crippen LogP contribution in [0, 0.1) is 23.2 Å². The number of hydrogen-bond acceptors (Lipinski definition) is 3. The second-order valence-electron chi connectivity index (χ2n) is 8.98. The van der Waals surface area contributed by atoms with E-state index in [2.05, 4.69) is 10.2 Å². The number of nitrogens with one attached hydrogen (secondary N) is 1. The molecule has 1 heterocycles. The Hall–Kier alpha value is -1.10. The Morgan fingerprint density at radius 3 is 2.00 bits per heavy atom. The Morgan fingerprint density at radius 2 is 1.50 bits per heavy atom. The van der Waals surface area contributed by atoms with Crippen LogP contribution in [0.1, 0.15) is 45.4 Å². The van der Waals surface area contributed by atoms with Crippen LogP contribution in [0.15, 0.2) is 0 Å². The van der Waals surface area contributed by atoms with Crippen molar-refractivity contribution in [1.82, 2.24) is 15.1 Å². The highest BCUT2D eigenvalue weighted by Crippen LogP contribution is 2.59. The van der Waals surface area contributed by atoms with Crippen LogP contribution in [-0.2, 0) is 9.59 Å². The van der Waals surface area contributed by atoms with Gasteiger partial charge in [0.05, 0.1) is 6.54 Å². The zero-order chi connectivity index (χ0) is 16.7. The quantitative estimate of drug-likeness (QED) is 0.848. The number of amides is 2. The molecule has 5 fully saturated rings. The van der Waals surface area contributed by atoms with E-state index in [1.807, 2.05) is 4.90 Å². The van der Waals surface area contributed by atoms with Crippen LogP contribution in [-0.4, -0.2) is 60.9 Å². The van der Waals surface area contributed by atoms with Crippen LogP contribution >= 0.6 is 0 Å². The number of hydrogen-bond donors (Lipinski definition) is 1. The Labute approximate surface area is 145 Å². The van der Waals surface area contributed by atoms with E-state index < -0.39 is 0 Å². The highest BCUT2D eigenvalue weighted by atomic mass is 16.2. The number of rotatable bonds is 4. The van der Waals surface area contributed by atoms with Crippen LogP contribution in [0.4, 0.5) is 0 Å². The summed E-state index contributed by atoms with van der Waals surface area (Å²) in [6, 6.07) is 0. The average molecular weight is 333 g/mol. The van der Waals surface area contributed by atoms with Crippen molar-refractivity contribution in [3.63, 3.8) is 0 Å². The van der Waals surface area contributed by atoms with E-state index in [0.717, 1.165) is 50.5 Å². The van der Waals surface area contributed by atoms with Gasteiger partial charge in [0.1, 0.15) is 0 Å². The Balaban J connectivity index is 1.24. The molecule has 24 heavy (non-hydrogen) atoms. The predicted octanol–water partition coefficient (Wildman–Crippen LogP) is 1.48. The molecule has 1 N–H and O–H groups in total. The summed E-state index contributed by atoms with van der Waals surface area (Å²) in [5.74, 6) is 3.12. The summed E-state index contributed by atoms with van der Waals surface area (Å²) in [6.45, 7) is 6.11. The molecule has 0 radical (unpaired) electrons. The summed E-state index contributed by atoms with van der Waals surface area (Å²) in [6.07, 6.45) is 8.39. The van der Waals surface area contributed by atoms with Gasteiger partial charge in [-0.3, -0.25) is 14.5 Å². The first kappa shape index (κ1) is 16.4. The monoisotopic (exact) mass is 333 g/mol. The maximum Gasteiger partial charge on any atom is 0.234 e. The summed E-state index contributed by atoms with van der Waals surface area (Å²) < 4.78 is 0. The highest BCUT2D eigenvalue weighted by Gasteiger charge is 2.50. The van der Waals surface area contributed by atoms with Crippen LogP contribution in [0.5, 0.6) is 0 Å². The predicted molar refractivity (Wildman–Crippen MR) is 92.3 cm³/mol. The smallest absolute Gasteiger partial charge is 0.234 e. The summed E-state index contributed by atoms with van der Waals surface area (Å²) in [5.41, 5.74) is 0.414. The lowest BCUT2D eigenvalue weighted by Crippen LogP contribution is -2.53. The van der Waals surface area contributed by atoms with Crippen molar-refractivity contribution in [2.75, 3.05) is 39.3 Å². The van der Waals surface area contributed by atoms with Gasteiger partial charge in [-0.1, -0.05) is 0 Å². The Kier molecular flexibility index (Phi) is 4.31. The van der Waals surface area contributed by atoms with E-state index >= 15 is 0 Å². The van der Waals surface area contributed by atoms with Gasteiger partial charge >= 0.3 is 0 Å². The molecule has 5 nitrogen and oxygen atoms in total. The van der Waals surface area contributed by atoms with Crippen molar-refractivity contribution in [2.45, 2.75) is 45.4 Å². The molecule has 0 atom stereocenters. The van der Waals surface area contributed by atoms with Crippen molar-refractivity contribution in [3.05, 3.63) is 0 Å². The topological polar surface area (TPSA) is 52.7 Å². The Morgan fingerprint density at radius 1 is 0.958 bits per heavy atom. The molecule has 5 rings (SSSR count). The van der Waals surface area contributed by atoms with E-state index in [0.29, 0.717) is 12.0 Å². The summed E-state index contributed by atoms with van der Waals surface area (Å²) in [5, 5.41) is 3.26. The molecule has 0 aromatic rings. The van der Waals surface area contributed by atoms with Gasteiger partial charge < -0.3 is 10.2 Å². The molecule has 4 bridgehead atoms. The fourth-order valence-corrected chi connectivity index (χ4v) is 6.27. The SMILES string of the molecule is CC(=O)N1CCN(CC(=O)NCC23CC4CC(CC(C4)C2)C3)CC1. The molecule has 5 heteroatoms. The van der Waals surface area contributed by atoms with Crippen molar-refractivity contribution in [1.29, 1.82) is 0 Å². The van der Waals surface area contributed by atoms with Gasteiger partial charge in [0.25, 0.3) is 0 Å². The van der Waals surface area contributed by atoms with E-state index in [1.165, 1.54) is 38.5 Å². The molecular weight excluding hydrogens is 302 g/mol. The number of nitrogens with zero attached hydrogens (tertiary/aromatic N) is 2. The first-order valence-corrected chi connectivity index (χ1v) is 9.76. The van der Waals surface area contributed by atoms with Gasteiger partial charge in [-0.25, -0.2) is 0 Å². The highest BCUT2D eigenvalue weighted by molar-refractivity contribution is 5.78. The molecule has 5 aliphatic rings. The van der Waals surface area contributed by atoms with Crippen LogP contribution in [0.25, 0.3) is 0 Å². The zero-order valence-corrected chi connectivity index (χ0v) is 14.9. The minimum atomic E-state index is 0.140. The molecule has 2 amide bonds. The van der Waals surface area contributed by atoms with E-state index in [-0.39, 0.29) is 11.8 Å². The van der Waals surface area contributed by atoms with E-state index in [4.69, 9.17) is 0 Å². The first-order chi connectivity index (χ1) is 11.5. The molecule has 0 unspecified atom stereocenters. The van der Waals surface area contributed by atoms with Crippen molar-refractivity contribution in [2.24, 2.45) is 23.2 Å². The van der Waals surface area contributed by atoms with Crippen molar-refractivity contribution in [3.8, 4) is 0 Å². The average Bonchev–Trinajstić information content (AvgIpc) is 2.52. The molecule has 1 aliphatic heterocycles. The Bertz CT molecular complexity index is 475. The third-order valence-electron chi connectivity index (χ3n) is 7.01. The first-order valence-electron chi connectivity index (χ1n) is 9.76. The largest absolute Gasteiger partial charge is 0.354 e. The van der Waals surface area contributed by atoms with E-state index in [1.54, 1.807) is 6.92 Å². The molecule has 1 saturated heterocycles. The maximum atomic E-state index is 12.4. The molecule has 134 valence electrons. The third kappa shape index (κ3) is 3.32. The van der Waals surface area contributed by atoms with Crippen LogP contribution in [0.3, 0.4) is 0 Å². The molecule has 4 aliphatic carbocycles. The van der Waals surface area contributed by atoms with Gasteiger partial charge in [-0.2, -0.15) is 0 Å². The van der Waals surface area contributed by atoms with Gasteiger partial charge in [0.15, 0.2) is 0 Å². The summed E-state index contributed by atoms with van der Waals surface area (Å²) in [7, 11) is 0. The van der Waals surface area contributed by atoms with Gasteiger partial charge in [-0.15, -0.1) is 0 Å². The zero-order valence-electron chi connectivity index (χ0n) is 14.9. The molecule has 4 saturated carbocycles. The fourth-order valence-electron chi connectivity index (χ4n) is 6.27. The molecule has 0 aromatic carbocycles. The molecule has 0 spiro atoms. The minimum Gasteiger partial charge on any atom is -0.354 e. The molecule has 0 aromatic heterocycles. The van der Waals surface area contributed by atoms with Crippen LogP contribution < -0.4 is 5.32 Å². The van der Waals surface area contributed by atoms with Crippen molar-refractivity contribution >= 4 is 11.8 Å².